The average molecular weight is 313 g/mol. The molecule has 0 unspecified atom stereocenters. The Labute approximate surface area is 133 Å². The van der Waals surface area contributed by atoms with E-state index in [9.17, 15) is 9.59 Å². The number of hydrogen-bond donors (Lipinski definition) is 3. The molecule has 23 heavy (non-hydrogen) atoms. The first-order chi connectivity index (χ1) is 11.1. The number of nitrogens with one attached hydrogen (secondary N) is 3. The minimum atomic E-state index is -0.274. The molecule has 2 aromatic rings. The number of aromatic amines is 1. The fourth-order valence-electron chi connectivity index (χ4n) is 2.65. The van der Waals surface area contributed by atoms with Crippen molar-refractivity contribution in [3.05, 3.63) is 52.6 Å². The fraction of sp³-hybridized carbons (Fsp3) is 0.312. The van der Waals surface area contributed by atoms with Crippen molar-refractivity contribution in [2.45, 2.75) is 19.4 Å². The van der Waals surface area contributed by atoms with E-state index in [0.717, 1.165) is 25.3 Å². The van der Waals surface area contributed by atoms with Crippen molar-refractivity contribution < 1.29 is 4.79 Å². The van der Waals surface area contributed by atoms with Gasteiger partial charge in [0.1, 0.15) is 5.82 Å². The van der Waals surface area contributed by atoms with E-state index in [1.54, 1.807) is 19.2 Å². The SMILES string of the molecule is Cc1cc(NC(=O)N[C@@H]2CCN(c3ccccn3)C2)c[nH]c1=O. The summed E-state index contributed by atoms with van der Waals surface area (Å²) < 4.78 is 0. The first-order valence-corrected chi connectivity index (χ1v) is 7.54. The third-order valence-electron chi connectivity index (χ3n) is 3.84. The summed E-state index contributed by atoms with van der Waals surface area (Å²) in [7, 11) is 0. The van der Waals surface area contributed by atoms with Gasteiger partial charge in [0.05, 0.1) is 5.69 Å². The molecule has 3 N–H and O–H groups in total. The molecule has 0 aliphatic carbocycles. The largest absolute Gasteiger partial charge is 0.354 e. The normalized spacial score (nSPS) is 17.1. The smallest absolute Gasteiger partial charge is 0.319 e. The van der Waals surface area contributed by atoms with Gasteiger partial charge in [0, 0.05) is 37.1 Å². The number of pyridine rings is 2. The van der Waals surface area contributed by atoms with E-state index in [1.165, 1.54) is 6.20 Å². The number of carbonyl (C=O) groups excluding carboxylic acids is 1. The molecule has 7 nitrogen and oxygen atoms in total. The standard InChI is InChI=1S/C16H19N5O2/c1-11-8-13(9-18-15(11)22)20-16(23)19-12-5-7-21(10-12)14-4-2-3-6-17-14/h2-4,6,8-9,12H,5,7,10H2,1H3,(H,18,22)(H2,19,20,23)/t12-/m1/s1. The number of nitrogens with zero attached hydrogens (tertiary/aromatic N) is 2. The number of aromatic nitrogens is 2. The molecule has 3 heterocycles. The highest BCUT2D eigenvalue weighted by molar-refractivity contribution is 5.89. The molecule has 1 fully saturated rings. The Hall–Kier alpha value is -2.83. The molecule has 7 heteroatoms. The second-order valence-corrected chi connectivity index (χ2v) is 5.62. The molecule has 0 saturated carbocycles. The number of aryl methyl sites for hydroxylation is 1. The monoisotopic (exact) mass is 313 g/mol. The maximum absolute atomic E-state index is 12.1. The van der Waals surface area contributed by atoms with Crippen molar-refractivity contribution in [3.63, 3.8) is 0 Å². The van der Waals surface area contributed by atoms with Gasteiger partial charge in [-0.1, -0.05) is 6.07 Å². The van der Waals surface area contributed by atoms with Gasteiger partial charge in [-0.15, -0.1) is 0 Å². The van der Waals surface area contributed by atoms with Gasteiger partial charge in [0.15, 0.2) is 0 Å². The van der Waals surface area contributed by atoms with Crippen LogP contribution in [0.15, 0.2) is 41.5 Å². The Bertz CT molecular complexity index is 744. The van der Waals surface area contributed by atoms with Gasteiger partial charge in [0.2, 0.25) is 0 Å². The summed E-state index contributed by atoms with van der Waals surface area (Å²) in [5, 5.41) is 5.69. The highest BCUT2D eigenvalue weighted by Gasteiger charge is 2.24. The summed E-state index contributed by atoms with van der Waals surface area (Å²) in [6.07, 6.45) is 4.12. The van der Waals surface area contributed by atoms with Gasteiger partial charge < -0.3 is 20.5 Å². The summed E-state index contributed by atoms with van der Waals surface area (Å²) in [6.45, 7) is 3.29. The van der Waals surface area contributed by atoms with Crippen molar-refractivity contribution in [2.75, 3.05) is 23.3 Å². The molecule has 0 spiro atoms. The number of H-pyrrole nitrogens is 1. The molecular formula is C16H19N5O2. The van der Waals surface area contributed by atoms with Gasteiger partial charge in [-0.2, -0.15) is 0 Å². The number of urea groups is 1. The van der Waals surface area contributed by atoms with Crippen molar-refractivity contribution in [1.82, 2.24) is 15.3 Å². The van der Waals surface area contributed by atoms with E-state index in [-0.39, 0.29) is 17.6 Å². The quantitative estimate of drug-likeness (QED) is 0.800. The summed E-state index contributed by atoms with van der Waals surface area (Å²) in [4.78, 5) is 32.4. The second kappa shape index (κ2) is 6.51. The lowest BCUT2D eigenvalue weighted by molar-refractivity contribution is 0.249. The molecule has 0 bridgehead atoms. The Morgan fingerprint density at radius 2 is 2.30 bits per heavy atom. The third kappa shape index (κ3) is 3.68. The molecule has 1 atom stereocenters. The van der Waals surface area contributed by atoms with Crippen LogP contribution in [-0.2, 0) is 0 Å². The average Bonchev–Trinajstić information content (AvgIpc) is 3.00. The molecule has 2 aromatic heterocycles. The van der Waals surface area contributed by atoms with Crippen LogP contribution >= 0.6 is 0 Å². The van der Waals surface area contributed by atoms with Crippen LogP contribution in [0.3, 0.4) is 0 Å². The number of amides is 2. The molecule has 2 amide bonds. The van der Waals surface area contributed by atoms with Gasteiger partial charge in [-0.05, 0) is 31.5 Å². The fourth-order valence-corrected chi connectivity index (χ4v) is 2.65. The maximum Gasteiger partial charge on any atom is 0.319 e. The number of rotatable bonds is 3. The van der Waals surface area contributed by atoms with Crippen molar-refractivity contribution in [2.24, 2.45) is 0 Å². The van der Waals surface area contributed by atoms with Gasteiger partial charge >= 0.3 is 6.03 Å². The number of anilines is 2. The Morgan fingerprint density at radius 1 is 1.43 bits per heavy atom. The van der Waals surface area contributed by atoms with Crippen molar-refractivity contribution in [1.29, 1.82) is 0 Å². The van der Waals surface area contributed by atoms with Crippen LogP contribution in [0.2, 0.25) is 0 Å². The first-order valence-electron chi connectivity index (χ1n) is 7.54. The van der Waals surface area contributed by atoms with Crippen LogP contribution in [0.5, 0.6) is 0 Å². The summed E-state index contributed by atoms with van der Waals surface area (Å²) in [5.74, 6) is 0.925. The maximum atomic E-state index is 12.1. The third-order valence-corrected chi connectivity index (χ3v) is 3.84. The summed E-state index contributed by atoms with van der Waals surface area (Å²) in [6, 6.07) is 7.24. The lowest BCUT2D eigenvalue weighted by Crippen LogP contribution is -2.39. The molecule has 0 aromatic carbocycles. The molecule has 0 radical (unpaired) electrons. The van der Waals surface area contributed by atoms with Crippen LogP contribution in [0.25, 0.3) is 0 Å². The number of hydrogen-bond acceptors (Lipinski definition) is 4. The lowest BCUT2D eigenvalue weighted by atomic mass is 10.2. The van der Waals surface area contributed by atoms with Crippen molar-refractivity contribution in [3.8, 4) is 0 Å². The minimum Gasteiger partial charge on any atom is -0.354 e. The molecule has 120 valence electrons. The highest BCUT2D eigenvalue weighted by atomic mass is 16.2. The zero-order valence-corrected chi connectivity index (χ0v) is 12.9. The minimum absolute atomic E-state index is 0.0702. The van der Waals surface area contributed by atoms with Crippen molar-refractivity contribution >= 4 is 17.5 Å². The van der Waals surface area contributed by atoms with E-state index < -0.39 is 0 Å². The van der Waals surface area contributed by atoms with Crippen LogP contribution < -0.4 is 21.1 Å². The van der Waals surface area contributed by atoms with E-state index in [4.69, 9.17) is 0 Å². The second-order valence-electron chi connectivity index (χ2n) is 5.62. The van der Waals surface area contributed by atoms with Crippen LogP contribution in [0, 0.1) is 6.92 Å². The zero-order valence-electron chi connectivity index (χ0n) is 12.9. The van der Waals surface area contributed by atoms with Crippen LogP contribution in [0.1, 0.15) is 12.0 Å². The Balaban J connectivity index is 1.54. The molecular weight excluding hydrogens is 294 g/mol. The summed E-state index contributed by atoms with van der Waals surface area (Å²) in [5.41, 5.74) is 0.974. The number of carbonyl (C=O) groups is 1. The van der Waals surface area contributed by atoms with E-state index in [0.29, 0.717) is 11.3 Å². The van der Waals surface area contributed by atoms with Crippen LogP contribution in [-0.4, -0.2) is 35.1 Å². The predicted octanol–water partition coefficient (Wildman–Crippen LogP) is 1.48. The Morgan fingerprint density at radius 3 is 3.04 bits per heavy atom. The van der Waals surface area contributed by atoms with E-state index >= 15 is 0 Å². The Kier molecular flexibility index (Phi) is 4.27. The van der Waals surface area contributed by atoms with Gasteiger partial charge in [0.25, 0.3) is 5.56 Å². The van der Waals surface area contributed by atoms with Crippen LogP contribution in [0.4, 0.5) is 16.3 Å². The lowest BCUT2D eigenvalue weighted by Gasteiger charge is -2.18. The zero-order chi connectivity index (χ0) is 16.2. The highest BCUT2D eigenvalue weighted by Crippen LogP contribution is 2.17. The molecule has 3 rings (SSSR count). The topological polar surface area (TPSA) is 90.1 Å². The van der Waals surface area contributed by atoms with E-state index in [2.05, 4.69) is 25.5 Å². The van der Waals surface area contributed by atoms with Gasteiger partial charge in [-0.3, -0.25) is 4.79 Å². The molecule has 1 aliphatic heterocycles. The van der Waals surface area contributed by atoms with E-state index in [1.807, 2.05) is 18.2 Å². The van der Waals surface area contributed by atoms with Gasteiger partial charge in [-0.25, -0.2) is 9.78 Å². The molecule has 1 saturated heterocycles. The first kappa shape index (κ1) is 15.1. The summed E-state index contributed by atoms with van der Waals surface area (Å²) >= 11 is 0. The molecule has 1 aliphatic rings. The predicted molar refractivity (Wildman–Crippen MR) is 88.8 cm³/mol.